The lowest BCUT2D eigenvalue weighted by atomic mass is 10.0. The summed E-state index contributed by atoms with van der Waals surface area (Å²) in [6, 6.07) is 22.7. The van der Waals surface area contributed by atoms with Crippen LogP contribution >= 0.6 is 0 Å². The second-order valence-electron chi connectivity index (χ2n) is 9.52. The highest BCUT2D eigenvalue weighted by Crippen LogP contribution is 2.32. The summed E-state index contributed by atoms with van der Waals surface area (Å²) >= 11 is 0. The van der Waals surface area contributed by atoms with Gasteiger partial charge in [0.05, 0.1) is 17.7 Å². The summed E-state index contributed by atoms with van der Waals surface area (Å²) < 4.78 is 33.5. The number of hydrogen-bond donors (Lipinski definition) is 0. The van der Waals surface area contributed by atoms with Crippen LogP contribution in [0.25, 0.3) is 0 Å². The van der Waals surface area contributed by atoms with E-state index in [-0.39, 0.29) is 10.8 Å². The van der Waals surface area contributed by atoms with Gasteiger partial charge in [0, 0.05) is 44.8 Å². The first-order valence-electron chi connectivity index (χ1n) is 12.8. The third-order valence-corrected chi connectivity index (χ3v) is 9.10. The fourth-order valence-electron chi connectivity index (χ4n) is 5.12. The molecule has 3 aromatic rings. The van der Waals surface area contributed by atoms with Crippen LogP contribution in [0.5, 0.6) is 5.75 Å². The Morgan fingerprint density at radius 2 is 1.57 bits per heavy atom. The number of benzene rings is 3. The van der Waals surface area contributed by atoms with Crippen molar-refractivity contribution in [2.75, 3.05) is 49.0 Å². The summed E-state index contributed by atoms with van der Waals surface area (Å²) in [7, 11) is -1.97. The maximum absolute atomic E-state index is 13.3. The Labute approximate surface area is 219 Å². The zero-order valence-corrected chi connectivity index (χ0v) is 22.0. The standard InChI is InChI=1S/C29H33N3O4S/c1-36-26-13-11-25(12-14-26)30-19-21-31(22-20-30)29(33)17-10-23-8-15-27(16-9-23)37(34,35)32-18-4-6-24-5-2-3-7-28(24)32/h2-3,5,7-9,11-16H,4,6,10,17-22H2,1H3. The number of sulfonamides is 1. The average molecular weight is 520 g/mol. The first kappa shape index (κ1) is 25.1. The minimum atomic E-state index is -3.63. The van der Waals surface area contributed by atoms with E-state index in [1.807, 2.05) is 65.6 Å². The molecular weight excluding hydrogens is 486 g/mol. The second-order valence-corrected chi connectivity index (χ2v) is 11.4. The highest BCUT2D eigenvalue weighted by Gasteiger charge is 2.29. The van der Waals surface area contributed by atoms with E-state index < -0.39 is 10.0 Å². The van der Waals surface area contributed by atoms with Gasteiger partial charge in [-0.2, -0.15) is 0 Å². The largest absolute Gasteiger partial charge is 0.497 e. The molecule has 7 nitrogen and oxygen atoms in total. The number of fused-ring (bicyclic) bond motifs is 1. The quantitative estimate of drug-likeness (QED) is 0.470. The van der Waals surface area contributed by atoms with Crippen LogP contribution in [0.1, 0.15) is 24.0 Å². The van der Waals surface area contributed by atoms with Gasteiger partial charge in [0.25, 0.3) is 10.0 Å². The van der Waals surface area contributed by atoms with E-state index >= 15 is 0 Å². The minimum absolute atomic E-state index is 0.135. The molecular formula is C29H33N3O4S. The molecule has 0 unspecified atom stereocenters. The highest BCUT2D eigenvalue weighted by molar-refractivity contribution is 7.92. The number of carbonyl (C=O) groups excluding carboxylic acids is 1. The Hall–Kier alpha value is -3.52. The van der Waals surface area contributed by atoms with Crippen molar-refractivity contribution in [3.05, 3.63) is 83.9 Å². The first-order chi connectivity index (χ1) is 18.0. The van der Waals surface area contributed by atoms with Crippen LogP contribution in [0.4, 0.5) is 11.4 Å². The molecule has 8 heteroatoms. The van der Waals surface area contributed by atoms with Crippen molar-refractivity contribution in [2.45, 2.75) is 30.6 Å². The summed E-state index contributed by atoms with van der Waals surface area (Å²) in [4.78, 5) is 17.3. The van der Waals surface area contributed by atoms with E-state index in [1.165, 1.54) is 4.31 Å². The van der Waals surface area contributed by atoms with E-state index in [0.29, 0.717) is 32.5 Å². The average Bonchev–Trinajstić information content (AvgIpc) is 2.96. The number of ether oxygens (including phenoxy) is 1. The van der Waals surface area contributed by atoms with Crippen molar-refractivity contribution in [1.29, 1.82) is 0 Å². The smallest absolute Gasteiger partial charge is 0.264 e. The van der Waals surface area contributed by atoms with Crippen LogP contribution in [0.15, 0.2) is 77.7 Å². The number of anilines is 2. The molecule has 0 spiro atoms. The fourth-order valence-corrected chi connectivity index (χ4v) is 6.66. The lowest BCUT2D eigenvalue weighted by molar-refractivity contribution is -0.131. The summed E-state index contributed by atoms with van der Waals surface area (Å²) in [6.45, 7) is 3.47. The van der Waals surface area contributed by atoms with Gasteiger partial charge in [0.15, 0.2) is 0 Å². The van der Waals surface area contributed by atoms with Gasteiger partial charge in [-0.15, -0.1) is 0 Å². The van der Waals surface area contributed by atoms with Crippen LogP contribution in [0.3, 0.4) is 0 Å². The zero-order valence-electron chi connectivity index (χ0n) is 21.2. The molecule has 1 saturated heterocycles. The van der Waals surface area contributed by atoms with Crippen LogP contribution < -0.4 is 13.9 Å². The lowest BCUT2D eigenvalue weighted by Gasteiger charge is -2.36. The minimum Gasteiger partial charge on any atom is -0.497 e. The van der Waals surface area contributed by atoms with Crippen molar-refractivity contribution in [2.24, 2.45) is 0 Å². The van der Waals surface area contributed by atoms with E-state index in [0.717, 1.165) is 54.2 Å². The molecule has 1 fully saturated rings. The Bertz CT molecular complexity index is 1330. The predicted octanol–water partition coefficient (Wildman–Crippen LogP) is 4.12. The van der Waals surface area contributed by atoms with Gasteiger partial charge in [-0.05, 0) is 72.9 Å². The van der Waals surface area contributed by atoms with E-state index in [2.05, 4.69) is 4.90 Å². The highest BCUT2D eigenvalue weighted by atomic mass is 32.2. The fraction of sp³-hybridized carbons (Fsp3) is 0.345. The molecule has 0 atom stereocenters. The molecule has 3 aromatic carbocycles. The third kappa shape index (κ3) is 5.44. The van der Waals surface area contributed by atoms with Gasteiger partial charge in [-0.25, -0.2) is 8.42 Å². The molecule has 0 saturated carbocycles. The molecule has 2 aliphatic rings. The summed E-state index contributed by atoms with van der Waals surface area (Å²) in [5.41, 5.74) is 3.94. The molecule has 0 aliphatic carbocycles. The molecule has 1 amide bonds. The lowest BCUT2D eigenvalue weighted by Crippen LogP contribution is -2.48. The molecule has 0 aromatic heterocycles. The summed E-state index contributed by atoms with van der Waals surface area (Å²) in [6.07, 6.45) is 2.70. The second kappa shape index (κ2) is 10.8. The number of piperazine rings is 1. The van der Waals surface area contributed by atoms with E-state index in [9.17, 15) is 13.2 Å². The number of methoxy groups -OCH3 is 1. The van der Waals surface area contributed by atoms with Crippen LogP contribution in [0.2, 0.25) is 0 Å². The molecule has 2 aliphatic heterocycles. The monoisotopic (exact) mass is 519 g/mol. The molecule has 0 radical (unpaired) electrons. The van der Waals surface area contributed by atoms with Crippen molar-refractivity contribution in [3.8, 4) is 5.75 Å². The number of nitrogens with zero attached hydrogens (tertiary/aromatic N) is 3. The Balaban J connectivity index is 1.15. The van der Waals surface area contributed by atoms with Crippen molar-refractivity contribution in [3.63, 3.8) is 0 Å². The zero-order chi connectivity index (χ0) is 25.8. The van der Waals surface area contributed by atoms with Crippen LogP contribution in [-0.2, 0) is 27.7 Å². The van der Waals surface area contributed by atoms with Crippen molar-refractivity contribution >= 4 is 27.3 Å². The van der Waals surface area contributed by atoms with E-state index in [1.54, 1.807) is 19.2 Å². The van der Waals surface area contributed by atoms with Gasteiger partial charge < -0.3 is 14.5 Å². The van der Waals surface area contributed by atoms with Crippen LogP contribution in [0, 0.1) is 0 Å². The summed E-state index contributed by atoms with van der Waals surface area (Å²) in [5, 5.41) is 0. The number of aryl methyl sites for hydroxylation is 2. The van der Waals surface area contributed by atoms with Gasteiger partial charge in [-0.1, -0.05) is 30.3 Å². The topological polar surface area (TPSA) is 70.2 Å². The Morgan fingerprint density at radius 3 is 2.27 bits per heavy atom. The molecule has 0 N–H and O–H groups in total. The number of carbonyl (C=O) groups is 1. The molecule has 37 heavy (non-hydrogen) atoms. The van der Waals surface area contributed by atoms with Crippen LogP contribution in [-0.4, -0.2) is 59.1 Å². The Morgan fingerprint density at radius 1 is 0.865 bits per heavy atom. The van der Waals surface area contributed by atoms with Gasteiger partial charge in [-0.3, -0.25) is 9.10 Å². The van der Waals surface area contributed by atoms with Crippen molar-refractivity contribution < 1.29 is 17.9 Å². The number of para-hydroxylation sites is 1. The SMILES string of the molecule is COc1ccc(N2CCN(C(=O)CCc3ccc(S(=O)(=O)N4CCCc5ccccc54)cc3)CC2)cc1. The van der Waals surface area contributed by atoms with Gasteiger partial charge >= 0.3 is 0 Å². The molecule has 2 heterocycles. The number of amides is 1. The molecule has 0 bridgehead atoms. The van der Waals surface area contributed by atoms with Gasteiger partial charge in [0.1, 0.15) is 5.75 Å². The maximum atomic E-state index is 13.3. The number of rotatable bonds is 7. The molecule has 194 valence electrons. The maximum Gasteiger partial charge on any atom is 0.264 e. The predicted molar refractivity (Wildman–Crippen MR) is 146 cm³/mol. The summed E-state index contributed by atoms with van der Waals surface area (Å²) in [5.74, 6) is 0.969. The van der Waals surface area contributed by atoms with Crippen molar-refractivity contribution in [1.82, 2.24) is 4.90 Å². The van der Waals surface area contributed by atoms with Gasteiger partial charge in [0.2, 0.25) is 5.91 Å². The normalized spacial score (nSPS) is 15.9. The molecule has 5 rings (SSSR count). The number of hydrogen-bond acceptors (Lipinski definition) is 5. The van der Waals surface area contributed by atoms with E-state index in [4.69, 9.17) is 4.74 Å². The Kier molecular flexibility index (Phi) is 7.37. The third-order valence-electron chi connectivity index (χ3n) is 7.28. The first-order valence-corrected chi connectivity index (χ1v) is 14.3.